The van der Waals surface area contributed by atoms with Crippen molar-refractivity contribution in [3.05, 3.63) is 21.9 Å². The van der Waals surface area contributed by atoms with Crippen molar-refractivity contribution in [1.82, 2.24) is 5.32 Å². The predicted octanol–water partition coefficient (Wildman–Crippen LogP) is 2.96. The summed E-state index contributed by atoms with van der Waals surface area (Å²) < 4.78 is 5.64. The second-order valence-corrected chi connectivity index (χ2v) is 6.38. The molecule has 0 aliphatic rings. The first-order valence-electron chi connectivity index (χ1n) is 7.01. The van der Waals surface area contributed by atoms with Gasteiger partial charge in [0.05, 0.1) is 18.8 Å². The van der Waals surface area contributed by atoms with E-state index in [1.54, 1.807) is 11.3 Å². The standard InChI is InChI=1S/C15H27NO2S/c1-11(2)5-13(4)18-8-15(17)7-16-6-14-10-19-9-12(14)3/h9-11,13,15-17H,5-8H2,1-4H3. The van der Waals surface area contributed by atoms with Crippen LogP contribution in [0, 0.1) is 12.8 Å². The molecule has 0 bridgehead atoms. The van der Waals surface area contributed by atoms with Crippen LogP contribution in [-0.4, -0.2) is 30.5 Å². The Bertz CT molecular complexity index is 352. The van der Waals surface area contributed by atoms with Crippen molar-refractivity contribution in [3.8, 4) is 0 Å². The minimum absolute atomic E-state index is 0.216. The summed E-state index contributed by atoms with van der Waals surface area (Å²) in [6.07, 6.45) is 0.816. The van der Waals surface area contributed by atoms with E-state index in [0.29, 0.717) is 19.1 Å². The van der Waals surface area contributed by atoms with Crippen LogP contribution in [0.25, 0.3) is 0 Å². The van der Waals surface area contributed by atoms with Crippen molar-refractivity contribution in [2.75, 3.05) is 13.2 Å². The van der Waals surface area contributed by atoms with Gasteiger partial charge in [-0.2, -0.15) is 11.3 Å². The van der Waals surface area contributed by atoms with Crippen molar-refractivity contribution in [2.45, 2.75) is 52.9 Å². The maximum atomic E-state index is 9.85. The van der Waals surface area contributed by atoms with Crippen LogP contribution in [0.3, 0.4) is 0 Å². The third kappa shape index (κ3) is 7.06. The molecule has 0 amide bonds. The van der Waals surface area contributed by atoms with Gasteiger partial charge >= 0.3 is 0 Å². The van der Waals surface area contributed by atoms with Crippen LogP contribution in [0.2, 0.25) is 0 Å². The first-order chi connectivity index (χ1) is 8.99. The van der Waals surface area contributed by atoms with Gasteiger partial charge in [-0.1, -0.05) is 13.8 Å². The predicted molar refractivity (Wildman–Crippen MR) is 81.6 cm³/mol. The van der Waals surface area contributed by atoms with Crippen molar-refractivity contribution >= 4 is 11.3 Å². The van der Waals surface area contributed by atoms with E-state index in [2.05, 4.69) is 43.8 Å². The molecule has 0 spiro atoms. The minimum atomic E-state index is -0.437. The average Bonchev–Trinajstić information content (AvgIpc) is 2.72. The van der Waals surface area contributed by atoms with Gasteiger partial charge in [0.2, 0.25) is 0 Å². The van der Waals surface area contributed by atoms with Gasteiger partial charge in [0, 0.05) is 13.1 Å². The lowest BCUT2D eigenvalue weighted by Crippen LogP contribution is -2.31. The molecule has 1 heterocycles. The molecule has 2 atom stereocenters. The van der Waals surface area contributed by atoms with E-state index in [1.165, 1.54) is 11.1 Å². The molecule has 0 aliphatic heterocycles. The van der Waals surface area contributed by atoms with Crippen molar-refractivity contribution in [1.29, 1.82) is 0 Å². The SMILES string of the molecule is Cc1cscc1CNCC(O)COC(C)CC(C)C. The quantitative estimate of drug-likeness (QED) is 0.733. The van der Waals surface area contributed by atoms with Gasteiger partial charge in [0.25, 0.3) is 0 Å². The molecule has 1 aromatic rings. The molecule has 0 fully saturated rings. The number of nitrogens with one attached hydrogen (secondary N) is 1. The van der Waals surface area contributed by atoms with Crippen LogP contribution in [0.15, 0.2) is 10.8 Å². The number of ether oxygens (including phenoxy) is 1. The maximum Gasteiger partial charge on any atom is 0.0897 e. The maximum absolute atomic E-state index is 9.85. The van der Waals surface area contributed by atoms with Crippen molar-refractivity contribution < 1.29 is 9.84 Å². The molecular weight excluding hydrogens is 258 g/mol. The van der Waals surface area contributed by atoms with Crippen LogP contribution in [0.5, 0.6) is 0 Å². The van der Waals surface area contributed by atoms with Gasteiger partial charge in [0.15, 0.2) is 0 Å². The third-order valence-corrected chi connectivity index (χ3v) is 3.94. The second-order valence-electron chi connectivity index (χ2n) is 5.64. The highest BCUT2D eigenvalue weighted by Crippen LogP contribution is 2.13. The third-order valence-electron chi connectivity index (χ3n) is 3.03. The first kappa shape index (κ1) is 16.6. The molecule has 0 aromatic carbocycles. The first-order valence-corrected chi connectivity index (χ1v) is 7.95. The molecule has 2 unspecified atom stereocenters. The molecule has 0 saturated heterocycles. The van der Waals surface area contributed by atoms with E-state index in [1.807, 2.05) is 0 Å². The Kier molecular flexibility index (Phi) is 7.61. The van der Waals surface area contributed by atoms with Gasteiger partial charge < -0.3 is 15.2 Å². The molecule has 19 heavy (non-hydrogen) atoms. The number of aliphatic hydroxyl groups is 1. The van der Waals surface area contributed by atoms with Crippen LogP contribution < -0.4 is 5.32 Å². The Morgan fingerprint density at radius 1 is 1.32 bits per heavy atom. The fourth-order valence-corrected chi connectivity index (χ4v) is 2.86. The number of aliphatic hydroxyl groups excluding tert-OH is 1. The average molecular weight is 285 g/mol. The number of thiophene rings is 1. The second kappa shape index (κ2) is 8.69. The van der Waals surface area contributed by atoms with Gasteiger partial charge in [0.1, 0.15) is 0 Å². The summed E-state index contributed by atoms with van der Waals surface area (Å²) in [4.78, 5) is 0. The summed E-state index contributed by atoms with van der Waals surface area (Å²) in [5.41, 5.74) is 2.63. The topological polar surface area (TPSA) is 41.5 Å². The fraction of sp³-hybridized carbons (Fsp3) is 0.733. The Balaban J connectivity index is 2.11. The summed E-state index contributed by atoms with van der Waals surface area (Å²) in [6.45, 7) is 10.3. The van der Waals surface area contributed by atoms with Crippen LogP contribution in [0.4, 0.5) is 0 Å². The highest BCUT2D eigenvalue weighted by molar-refractivity contribution is 7.08. The van der Waals surface area contributed by atoms with E-state index in [-0.39, 0.29) is 6.10 Å². The molecule has 2 N–H and O–H groups in total. The lowest BCUT2D eigenvalue weighted by Gasteiger charge is -2.18. The minimum Gasteiger partial charge on any atom is -0.389 e. The normalized spacial score (nSPS) is 14.8. The largest absolute Gasteiger partial charge is 0.389 e. The monoisotopic (exact) mass is 285 g/mol. The molecule has 3 nitrogen and oxygen atoms in total. The number of hydrogen-bond acceptors (Lipinski definition) is 4. The Morgan fingerprint density at radius 3 is 2.63 bits per heavy atom. The van der Waals surface area contributed by atoms with Gasteiger partial charge in [-0.05, 0) is 48.1 Å². The zero-order chi connectivity index (χ0) is 14.3. The van der Waals surface area contributed by atoms with Crippen molar-refractivity contribution in [3.63, 3.8) is 0 Å². The lowest BCUT2D eigenvalue weighted by molar-refractivity contribution is -0.00857. The summed E-state index contributed by atoms with van der Waals surface area (Å²) in [6, 6.07) is 0. The summed E-state index contributed by atoms with van der Waals surface area (Å²) in [5, 5.41) is 17.4. The molecule has 0 saturated carbocycles. The van der Waals surface area contributed by atoms with Crippen LogP contribution in [-0.2, 0) is 11.3 Å². The summed E-state index contributed by atoms with van der Waals surface area (Å²) in [7, 11) is 0. The Hall–Kier alpha value is -0.420. The smallest absolute Gasteiger partial charge is 0.0897 e. The molecular formula is C15H27NO2S. The van der Waals surface area contributed by atoms with Crippen molar-refractivity contribution in [2.24, 2.45) is 5.92 Å². The van der Waals surface area contributed by atoms with E-state index in [0.717, 1.165) is 13.0 Å². The molecule has 110 valence electrons. The van der Waals surface area contributed by atoms with E-state index in [4.69, 9.17) is 4.74 Å². The van der Waals surface area contributed by atoms with Gasteiger partial charge in [-0.25, -0.2) is 0 Å². The highest BCUT2D eigenvalue weighted by atomic mass is 32.1. The zero-order valence-corrected chi connectivity index (χ0v) is 13.3. The molecule has 1 rings (SSSR count). The van der Waals surface area contributed by atoms with Gasteiger partial charge in [-0.3, -0.25) is 0 Å². The van der Waals surface area contributed by atoms with Crippen LogP contribution in [0.1, 0.15) is 38.3 Å². The zero-order valence-electron chi connectivity index (χ0n) is 12.5. The van der Waals surface area contributed by atoms with E-state index >= 15 is 0 Å². The Morgan fingerprint density at radius 2 is 2.05 bits per heavy atom. The highest BCUT2D eigenvalue weighted by Gasteiger charge is 2.09. The van der Waals surface area contributed by atoms with E-state index < -0.39 is 6.10 Å². The lowest BCUT2D eigenvalue weighted by atomic mass is 10.1. The molecule has 4 heteroatoms. The number of aryl methyl sites for hydroxylation is 1. The molecule has 1 aromatic heterocycles. The van der Waals surface area contributed by atoms with E-state index in [9.17, 15) is 5.11 Å². The number of hydrogen-bond donors (Lipinski definition) is 2. The van der Waals surface area contributed by atoms with Gasteiger partial charge in [-0.15, -0.1) is 0 Å². The number of rotatable bonds is 9. The summed E-state index contributed by atoms with van der Waals surface area (Å²) >= 11 is 1.72. The summed E-state index contributed by atoms with van der Waals surface area (Å²) in [5.74, 6) is 0.631. The van der Waals surface area contributed by atoms with Crippen LogP contribution >= 0.6 is 11.3 Å². The molecule has 0 aliphatic carbocycles. The fourth-order valence-electron chi connectivity index (χ4n) is 2.01. The molecule has 0 radical (unpaired) electrons. The Labute approximate surface area is 121 Å².